The Bertz CT molecular complexity index is 8.00. The van der Waals surface area contributed by atoms with E-state index in [2.05, 4.69) is 0 Å². The Morgan fingerprint density at radius 2 is 1.00 bits per heavy atom. The summed E-state index contributed by atoms with van der Waals surface area (Å²) in [7, 11) is 0. The summed E-state index contributed by atoms with van der Waals surface area (Å²) in [5, 5.41) is 0. The Labute approximate surface area is 94.0 Å². The zero-order chi connectivity index (χ0) is 0. The predicted molar refractivity (Wildman–Crippen MR) is 18.5 cm³/mol. The summed E-state index contributed by atoms with van der Waals surface area (Å²) in [6.07, 6.45) is 0. The molecule has 4 heavy (non-hydrogen) atoms. The van der Waals surface area contributed by atoms with E-state index >= 15 is 0 Å². The van der Waals surface area contributed by atoms with Crippen LogP contribution in [0.25, 0.3) is 0 Å². The van der Waals surface area contributed by atoms with Crippen molar-refractivity contribution in [2.75, 3.05) is 0 Å². The molecule has 0 N–H and O–H groups in total. The zero-order valence-electron chi connectivity index (χ0n) is 0.650. The molecule has 0 aromatic rings. The molecule has 0 fully saturated rings. The van der Waals surface area contributed by atoms with E-state index in [1.165, 1.54) is 0 Å². The fraction of sp³-hybridized carbons (Fsp3) is 0. The van der Waals surface area contributed by atoms with Crippen molar-refractivity contribution in [2.24, 2.45) is 0 Å². The van der Waals surface area contributed by atoms with E-state index in [1.807, 2.05) is 0 Å². The molecule has 0 aromatic heterocycles. The molecule has 1 radical (unpaired) electrons. The topological polar surface area (TPSA) is 0 Å². The van der Waals surface area contributed by atoms with Gasteiger partial charge in [-0.1, -0.05) is 0 Å². The summed E-state index contributed by atoms with van der Waals surface area (Å²) < 4.78 is 0. The number of hydrogen-bond acceptors (Lipinski definition) is 0. The average molecular weight is 237 g/mol. The van der Waals surface area contributed by atoms with Crippen LogP contribution in [-0.4, -0.2) is 62.8 Å². The predicted octanol–water partition coefficient (Wildman–Crippen LogP) is -2.11. The molecule has 0 rings (SSSR count). The fourth-order valence-electron chi connectivity index (χ4n) is 0. The molecule has 0 nitrogen and oxygen atoms in total. The zero-order valence-corrected chi connectivity index (χ0v) is 2.68. The van der Waals surface area contributed by atoms with Gasteiger partial charge in [0.1, 0.15) is 0 Å². The Hall–Kier alpha value is 3.01. The summed E-state index contributed by atoms with van der Waals surface area (Å²) in [5.41, 5.74) is 0. The Balaban J connectivity index is 0. The molecule has 29 valence electrons. The van der Waals surface area contributed by atoms with Gasteiger partial charge in [0.25, 0.3) is 0 Å². The summed E-state index contributed by atoms with van der Waals surface area (Å²) in [6, 6.07) is 0. The second-order valence-corrected chi connectivity index (χ2v) is 0. The molecule has 0 atom stereocenters. The summed E-state index contributed by atoms with van der Waals surface area (Å²) in [6.45, 7) is 0. The Morgan fingerprint density at radius 3 is 1.00 bits per heavy atom. The summed E-state index contributed by atoms with van der Waals surface area (Å²) in [5.74, 6) is 0. The molecule has 0 saturated carbocycles. The van der Waals surface area contributed by atoms with Crippen LogP contribution in [0.5, 0.6) is 0 Å². The summed E-state index contributed by atoms with van der Waals surface area (Å²) >= 11 is 0. The van der Waals surface area contributed by atoms with Gasteiger partial charge in [0.15, 0.2) is 17.4 Å². The molecule has 0 spiro atoms. The first-order valence-electron chi connectivity index (χ1n) is 0. The third kappa shape index (κ3) is 8.89. The third-order valence-corrected chi connectivity index (χ3v) is 0. The van der Waals surface area contributed by atoms with Crippen molar-refractivity contribution < 1.29 is 33.3 Å². The van der Waals surface area contributed by atoms with E-state index in [-0.39, 0.29) is 96.1 Å². The van der Waals surface area contributed by atoms with Gasteiger partial charge in [0.2, 0.25) is 0 Å². The van der Waals surface area contributed by atoms with Gasteiger partial charge in [0.05, 0.1) is 0 Å². The van der Waals surface area contributed by atoms with Gasteiger partial charge < -0.3 is 0 Å². The molecule has 0 bridgehead atoms. The van der Waals surface area contributed by atoms with E-state index in [0.29, 0.717) is 0 Å². The van der Waals surface area contributed by atoms with Crippen molar-refractivity contribution in [3.63, 3.8) is 0 Å². The SMILES string of the molecule is [AlH3].[Co].[Ni].[SrH2]. The van der Waals surface area contributed by atoms with Crippen molar-refractivity contribution >= 4 is 62.8 Å². The van der Waals surface area contributed by atoms with Crippen molar-refractivity contribution in [2.45, 2.75) is 0 Å². The molecule has 0 unspecified atom stereocenters. The molecule has 0 saturated heterocycles. The van der Waals surface area contributed by atoms with Gasteiger partial charge in [0, 0.05) is 33.3 Å². The third-order valence-electron chi connectivity index (χ3n) is 0. The van der Waals surface area contributed by atoms with Crippen LogP contribution in [0.1, 0.15) is 0 Å². The van der Waals surface area contributed by atoms with Crippen molar-refractivity contribution in [3.05, 3.63) is 0 Å². The van der Waals surface area contributed by atoms with Crippen molar-refractivity contribution in [3.8, 4) is 0 Å². The van der Waals surface area contributed by atoms with Crippen molar-refractivity contribution in [1.29, 1.82) is 0 Å². The summed E-state index contributed by atoms with van der Waals surface area (Å²) in [4.78, 5) is 0. The van der Waals surface area contributed by atoms with E-state index in [4.69, 9.17) is 0 Å². The van der Waals surface area contributed by atoms with Crippen LogP contribution in [-0.2, 0) is 33.3 Å². The van der Waals surface area contributed by atoms with Gasteiger partial charge in [-0.15, -0.1) is 0 Å². The van der Waals surface area contributed by atoms with Crippen LogP contribution in [0, 0.1) is 0 Å². The van der Waals surface area contributed by atoms with Gasteiger partial charge in [-0.2, -0.15) is 0 Å². The van der Waals surface area contributed by atoms with E-state index < -0.39 is 0 Å². The standard InChI is InChI=1S/Al.Co.Ni.Sr.5H. The first-order valence-corrected chi connectivity index (χ1v) is 0. The van der Waals surface area contributed by atoms with E-state index in [9.17, 15) is 0 Å². The normalized spacial score (nSPS) is 0. The minimum absolute atomic E-state index is 0. The monoisotopic (exact) mass is 237 g/mol. The second kappa shape index (κ2) is 16.6. The maximum absolute atomic E-state index is 0. The van der Waals surface area contributed by atoms with Gasteiger partial charge in [-0.25, -0.2) is 0 Å². The number of rotatable bonds is 0. The molecule has 0 aliphatic heterocycles. The Morgan fingerprint density at radius 1 is 1.00 bits per heavy atom. The minimum atomic E-state index is 0. The molecular formula is H5AlCoNiSr. The molecular weight excluding hydrogens is 232 g/mol. The molecule has 4 heteroatoms. The van der Waals surface area contributed by atoms with E-state index in [0.717, 1.165) is 0 Å². The van der Waals surface area contributed by atoms with Crippen LogP contribution in [0.2, 0.25) is 0 Å². The molecule has 0 aliphatic carbocycles. The first-order chi connectivity index (χ1) is 0. The Kier molecular flexibility index (Phi) is 116. The van der Waals surface area contributed by atoms with Gasteiger partial charge >= 0.3 is 45.5 Å². The molecule has 0 heterocycles. The molecule has 0 aromatic carbocycles. The van der Waals surface area contributed by atoms with Crippen LogP contribution in [0.15, 0.2) is 0 Å². The fourth-order valence-corrected chi connectivity index (χ4v) is 0. The number of hydrogen-bond donors (Lipinski definition) is 0. The van der Waals surface area contributed by atoms with Crippen LogP contribution >= 0.6 is 0 Å². The van der Waals surface area contributed by atoms with Gasteiger partial charge in [-0.3, -0.25) is 0 Å². The molecule has 0 amide bonds. The maximum atomic E-state index is 0. The van der Waals surface area contributed by atoms with Crippen molar-refractivity contribution in [1.82, 2.24) is 0 Å². The van der Waals surface area contributed by atoms with Gasteiger partial charge in [-0.05, 0) is 0 Å². The molecule has 0 aliphatic rings. The van der Waals surface area contributed by atoms with Crippen LogP contribution in [0.3, 0.4) is 0 Å². The average Bonchev–Trinajstić information content (AvgIpc) is 0. The second-order valence-electron chi connectivity index (χ2n) is 0. The quantitative estimate of drug-likeness (QED) is 0.423. The first kappa shape index (κ1) is 27.9. The van der Waals surface area contributed by atoms with Crippen LogP contribution < -0.4 is 0 Å². The van der Waals surface area contributed by atoms with Crippen LogP contribution in [0.4, 0.5) is 0 Å². The van der Waals surface area contributed by atoms with E-state index in [1.54, 1.807) is 0 Å².